The summed E-state index contributed by atoms with van der Waals surface area (Å²) in [6.07, 6.45) is 6.96. The highest BCUT2D eigenvalue weighted by molar-refractivity contribution is 5.87. The van der Waals surface area contributed by atoms with Gasteiger partial charge in [0, 0.05) is 42.0 Å². The summed E-state index contributed by atoms with van der Waals surface area (Å²) in [6, 6.07) is 12.9. The summed E-state index contributed by atoms with van der Waals surface area (Å²) >= 11 is 0. The van der Waals surface area contributed by atoms with Crippen molar-refractivity contribution in [1.82, 2.24) is 15.6 Å². The normalized spacial score (nSPS) is 16.2. The molecule has 0 bridgehead atoms. The van der Waals surface area contributed by atoms with E-state index in [-0.39, 0.29) is 29.3 Å². The fourth-order valence-corrected chi connectivity index (χ4v) is 7.64. The molecule has 270 valence electrons. The molecule has 2 unspecified atom stereocenters. The topological polar surface area (TPSA) is 140 Å². The summed E-state index contributed by atoms with van der Waals surface area (Å²) in [7, 11) is 6.40. The smallest absolute Gasteiger partial charge is 0.220 e. The number of aromatic nitrogens is 1. The van der Waals surface area contributed by atoms with Gasteiger partial charge in [0.05, 0.1) is 46.2 Å². The van der Waals surface area contributed by atoms with Gasteiger partial charge >= 0.3 is 0 Å². The van der Waals surface area contributed by atoms with Crippen molar-refractivity contribution in [3.8, 4) is 34.1 Å². The van der Waals surface area contributed by atoms with E-state index in [9.17, 15) is 14.4 Å². The van der Waals surface area contributed by atoms with E-state index in [0.717, 1.165) is 83.1 Å². The molecule has 2 atom stereocenters. The zero-order valence-electron chi connectivity index (χ0n) is 30.1. The highest BCUT2D eigenvalue weighted by Gasteiger charge is 2.30. The Bertz CT molecular complexity index is 1990. The molecule has 6 rings (SSSR count). The van der Waals surface area contributed by atoms with Gasteiger partial charge in [0.25, 0.3) is 0 Å². The third-order valence-corrected chi connectivity index (χ3v) is 10.1. The molecule has 2 aliphatic carbocycles. The lowest BCUT2D eigenvalue weighted by molar-refractivity contribution is -0.122. The van der Waals surface area contributed by atoms with E-state index >= 15 is 0 Å². The zero-order chi connectivity index (χ0) is 36.1. The average molecular weight is 697 g/mol. The van der Waals surface area contributed by atoms with E-state index in [0.29, 0.717) is 48.7 Å². The Morgan fingerprint density at radius 3 is 2.41 bits per heavy atom. The number of fused-ring (bicyclic) bond motifs is 6. The lowest BCUT2D eigenvalue weighted by Crippen LogP contribution is -2.30. The van der Waals surface area contributed by atoms with Crippen LogP contribution in [-0.2, 0) is 22.4 Å². The first-order chi connectivity index (χ1) is 24.8. The van der Waals surface area contributed by atoms with Gasteiger partial charge in [-0.05, 0) is 104 Å². The molecule has 2 aliphatic rings. The summed E-state index contributed by atoms with van der Waals surface area (Å²) in [6.45, 7) is 2.06. The molecule has 0 fully saturated rings. The first-order valence-electron chi connectivity index (χ1n) is 17.8. The van der Waals surface area contributed by atoms with E-state index in [1.54, 1.807) is 40.6 Å². The second-order valence-electron chi connectivity index (χ2n) is 13.3. The first-order valence-corrected chi connectivity index (χ1v) is 17.8. The Morgan fingerprint density at radius 1 is 0.843 bits per heavy atom. The van der Waals surface area contributed by atoms with Crippen LogP contribution in [0.1, 0.15) is 86.3 Å². The molecular formula is C40H48N4O7. The van der Waals surface area contributed by atoms with Gasteiger partial charge in [-0.3, -0.25) is 14.4 Å². The molecule has 1 heterocycles. The Balaban J connectivity index is 1.10. The largest absolute Gasteiger partial charge is 0.497 e. The molecule has 11 heteroatoms. The molecule has 1 aromatic heterocycles. The molecular weight excluding hydrogens is 648 g/mol. The Morgan fingerprint density at radius 2 is 1.67 bits per heavy atom. The van der Waals surface area contributed by atoms with Gasteiger partial charge in [-0.15, -0.1) is 0 Å². The van der Waals surface area contributed by atoms with Gasteiger partial charge < -0.3 is 39.9 Å². The number of nitrogens with one attached hydrogen (secondary N) is 4. The van der Waals surface area contributed by atoms with Crippen molar-refractivity contribution in [2.24, 2.45) is 0 Å². The first kappa shape index (κ1) is 35.6. The van der Waals surface area contributed by atoms with Crippen LogP contribution < -0.4 is 40.3 Å². The standard InChI is InChI=1S/C40H48N4O7/c1-23(45)42-30-16-13-24-20-35(49-3)39(50-4)40(51-5)37(24)26-15-18-32(34(46)22-29(26)30)41-19-8-6-7-12-36(47)43-33-11-9-10-27-28-21-25(48-2)14-17-31(28)44-38(27)33/h14-15,17-18,20-22,30,33,44H,6-13,16,19H2,1-5H3,(H,41,46)(H,42,45)(H,43,47). The van der Waals surface area contributed by atoms with Crippen LogP contribution in [0.15, 0.2) is 47.3 Å². The maximum absolute atomic E-state index is 13.6. The van der Waals surface area contributed by atoms with Crippen LogP contribution in [0.2, 0.25) is 0 Å². The predicted octanol–water partition coefficient (Wildman–Crippen LogP) is 6.52. The number of hydrogen-bond acceptors (Lipinski definition) is 8. The van der Waals surface area contributed by atoms with Crippen LogP contribution in [-0.4, -0.2) is 51.8 Å². The van der Waals surface area contributed by atoms with E-state index < -0.39 is 0 Å². The number of ether oxygens (including phenoxy) is 4. The van der Waals surface area contributed by atoms with Gasteiger partial charge in [0.2, 0.25) is 23.0 Å². The fourth-order valence-electron chi connectivity index (χ4n) is 7.64. The van der Waals surface area contributed by atoms with Gasteiger partial charge in [-0.2, -0.15) is 0 Å². The summed E-state index contributed by atoms with van der Waals surface area (Å²) in [5, 5.41) is 10.8. The number of aryl methyl sites for hydroxylation is 2. The number of H-pyrrole nitrogens is 1. The molecule has 2 amide bonds. The van der Waals surface area contributed by atoms with E-state index in [1.807, 2.05) is 24.3 Å². The molecule has 11 nitrogen and oxygen atoms in total. The number of carbonyl (C=O) groups excluding carboxylic acids is 2. The summed E-state index contributed by atoms with van der Waals surface area (Å²) in [5.41, 5.74) is 7.02. The lowest BCUT2D eigenvalue weighted by Gasteiger charge is -2.24. The molecule has 0 radical (unpaired) electrons. The van der Waals surface area contributed by atoms with Gasteiger partial charge in [-0.25, -0.2) is 0 Å². The van der Waals surface area contributed by atoms with Crippen molar-refractivity contribution < 1.29 is 28.5 Å². The summed E-state index contributed by atoms with van der Waals surface area (Å²) < 4.78 is 22.6. The van der Waals surface area contributed by atoms with Crippen molar-refractivity contribution in [3.05, 3.63) is 75.1 Å². The van der Waals surface area contributed by atoms with Gasteiger partial charge in [0.15, 0.2) is 11.5 Å². The number of aromatic amines is 1. The van der Waals surface area contributed by atoms with Crippen LogP contribution in [0.25, 0.3) is 22.0 Å². The third kappa shape index (κ3) is 7.48. The predicted molar refractivity (Wildman–Crippen MR) is 198 cm³/mol. The minimum absolute atomic E-state index is 0.0222. The Labute approximate surface area is 298 Å². The number of benzene rings is 2. The van der Waals surface area contributed by atoms with Crippen molar-refractivity contribution in [2.75, 3.05) is 40.3 Å². The molecule has 4 aromatic rings. The molecule has 51 heavy (non-hydrogen) atoms. The molecule has 3 aromatic carbocycles. The van der Waals surface area contributed by atoms with Gasteiger partial charge in [-0.1, -0.05) is 12.5 Å². The Kier molecular flexibility index (Phi) is 11.0. The van der Waals surface area contributed by atoms with Crippen LogP contribution in [0.5, 0.6) is 23.0 Å². The highest BCUT2D eigenvalue weighted by Crippen LogP contribution is 2.50. The third-order valence-electron chi connectivity index (χ3n) is 10.1. The van der Waals surface area contributed by atoms with Crippen LogP contribution in [0, 0.1) is 0 Å². The molecule has 0 aliphatic heterocycles. The number of unbranched alkanes of at least 4 members (excludes halogenated alkanes) is 2. The number of anilines is 1. The number of hydrogen-bond donors (Lipinski definition) is 4. The Hall–Kier alpha value is -5.19. The highest BCUT2D eigenvalue weighted by atomic mass is 16.5. The molecule has 0 saturated carbocycles. The monoisotopic (exact) mass is 696 g/mol. The average Bonchev–Trinajstić information content (AvgIpc) is 3.35. The lowest BCUT2D eigenvalue weighted by atomic mass is 9.91. The molecule has 0 spiro atoms. The number of methoxy groups -OCH3 is 4. The second-order valence-corrected chi connectivity index (χ2v) is 13.3. The van der Waals surface area contributed by atoms with Crippen molar-refractivity contribution in [2.45, 2.75) is 76.8 Å². The minimum atomic E-state index is -0.370. The number of rotatable bonds is 13. The number of amides is 2. The van der Waals surface area contributed by atoms with E-state index in [4.69, 9.17) is 18.9 Å². The summed E-state index contributed by atoms with van der Waals surface area (Å²) in [4.78, 5) is 42.3. The van der Waals surface area contributed by atoms with Crippen molar-refractivity contribution in [3.63, 3.8) is 0 Å². The van der Waals surface area contributed by atoms with Crippen LogP contribution >= 0.6 is 0 Å². The second kappa shape index (κ2) is 15.8. The summed E-state index contributed by atoms with van der Waals surface area (Å²) in [5.74, 6) is 2.24. The zero-order valence-corrected chi connectivity index (χ0v) is 30.1. The maximum Gasteiger partial charge on any atom is 0.220 e. The van der Waals surface area contributed by atoms with E-state index in [1.165, 1.54) is 12.5 Å². The van der Waals surface area contributed by atoms with Crippen molar-refractivity contribution >= 4 is 28.4 Å². The van der Waals surface area contributed by atoms with Crippen LogP contribution in [0.3, 0.4) is 0 Å². The fraction of sp³-hybridized carbons (Fsp3) is 0.425. The minimum Gasteiger partial charge on any atom is -0.497 e. The SMILES string of the molecule is COc1ccc2[nH]c3c(c2c1)CCCC3NC(=O)CCCCCNc1ccc2c(cc1=O)C(NC(C)=O)CCc1cc(OC)c(OC)c(OC)c1-2. The van der Waals surface area contributed by atoms with E-state index in [2.05, 4.69) is 27.0 Å². The number of carbonyl (C=O) groups is 2. The van der Waals surface area contributed by atoms with Gasteiger partial charge in [0.1, 0.15) is 5.75 Å². The molecule has 4 N–H and O–H groups in total. The maximum atomic E-state index is 13.6. The van der Waals surface area contributed by atoms with Crippen molar-refractivity contribution in [1.29, 1.82) is 0 Å². The van der Waals surface area contributed by atoms with Crippen LogP contribution in [0.4, 0.5) is 5.69 Å². The quantitative estimate of drug-likeness (QED) is 0.116. The molecule has 0 saturated heterocycles.